The van der Waals surface area contributed by atoms with E-state index >= 15 is 0 Å². The van der Waals surface area contributed by atoms with Gasteiger partial charge < -0.3 is 24.7 Å². The molecule has 1 N–H and O–H groups in total. The number of aromatic nitrogens is 1. The van der Waals surface area contributed by atoms with Crippen LogP contribution in [0.3, 0.4) is 0 Å². The molecule has 25 heavy (non-hydrogen) atoms. The highest BCUT2D eigenvalue weighted by atomic mass is 16.5. The molecule has 1 amide bonds. The lowest BCUT2D eigenvalue weighted by molar-refractivity contribution is -0.605. The molecule has 0 radical (unpaired) electrons. The van der Waals surface area contributed by atoms with Gasteiger partial charge in [-0.25, -0.2) is 4.79 Å². The van der Waals surface area contributed by atoms with Crippen LogP contribution < -0.4 is 19.5 Å². The zero-order chi connectivity index (χ0) is 18.2. The van der Waals surface area contributed by atoms with Gasteiger partial charge in [-0.05, 0) is 17.7 Å². The van der Waals surface area contributed by atoms with E-state index in [1.807, 2.05) is 0 Å². The summed E-state index contributed by atoms with van der Waals surface area (Å²) < 4.78 is 15.8. The van der Waals surface area contributed by atoms with Crippen molar-refractivity contribution in [1.82, 2.24) is 5.32 Å². The number of ether oxygens (including phenoxy) is 3. The van der Waals surface area contributed by atoms with Crippen LogP contribution in [0.4, 0.5) is 0 Å². The first-order valence-corrected chi connectivity index (χ1v) is 7.37. The van der Waals surface area contributed by atoms with Gasteiger partial charge in [-0.2, -0.15) is 4.73 Å². The zero-order valence-corrected chi connectivity index (χ0v) is 13.9. The van der Waals surface area contributed by atoms with E-state index in [1.165, 1.54) is 38.7 Å². The average Bonchev–Trinajstić information content (AvgIpc) is 2.64. The quantitative estimate of drug-likeness (QED) is 0.452. The number of esters is 1. The molecular formula is C17H18N2O6. The molecule has 0 atom stereocenters. The van der Waals surface area contributed by atoms with E-state index in [1.54, 1.807) is 18.2 Å². The highest BCUT2D eigenvalue weighted by Gasteiger charge is 2.11. The lowest BCUT2D eigenvalue weighted by Gasteiger charge is -2.10. The Hall–Kier alpha value is -3.29. The Morgan fingerprint density at radius 2 is 1.76 bits per heavy atom. The smallest absolute Gasteiger partial charge is 0.339 e. The van der Waals surface area contributed by atoms with Crippen LogP contribution in [0.1, 0.15) is 15.9 Å². The van der Waals surface area contributed by atoms with Crippen LogP contribution in [0.5, 0.6) is 11.5 Å². The van der Waals surface area contributed by atoms with Crippen molar-refractivity contribution in [2.24, 2.45) is 0 Å². The van der Waals surface area contributed by atoms with Gasteiger partial charge in [0.05, 0.1) is 19.8 Å². The highest BCUT2D eigenvalue weighted by molar-refractivity contribution is 5.91. The third kappa shape index (κ3) is 5.10. The van der Waals surface area contributed by atoms with Crippen molar-refractivity contribution in [3.05, 3.63) is 59.1 Å². The van der Waals surface area contributed by atoms with E-state index < -0.39 is 18.5 Å². The molecule has 0 saturated carbocycles. The third-order valence-electron chi connectivity index (χ3n) is 3.31. The maximum Gasteiger partial charge on any atom is 0.339 e. The number of methoxy groups -OCH3 is 2. The van der Waals surface area contributed by atoms with Gasteiger partial charge in [-0.3, -0.25) is 4.79 Å². The Morgan fingerprint density at radius 3 is 2.40 bits per heavy atom. The number of amides is 1. The van der Waals surface area contributed by atoms with Gasteiger partial charge in [0.2, 0.25) is 0 Å². The number of hydrogen-bond donors (Lipinski definition) is 1. The minimum atomic E-state index is -0.679. The summed E-state index contributed by atoms with van der Waals surface area (Å²) in [5.41, 5.74) is 1.00. The minimum absolute atomic E-state index is 0.194. The normalized spacial score (nSPS) is 10.0. The summed E-state index contributed by atoms with van der Waals surface area (Å²) in [7, 11) is 3.06. The summed E-state index contributed by atoms with van der Waals surface area (Å²) in [6.45, 7) is -0.170. The first-order valence-electron chi connectivity index (χ1n) is 7.37. The molecule has 0 saturated heterocycles. The van der Waals surface area contributed by atoms with Crippen LogP contribution in [0.2, 0.25) is 0 Å². The molecule has 0 aliphatic heterocycles. The van der Waals surface area contributed by atoms with Gasteiger partial charge >= 0.3 is 5.97 Å². The molecule has 1 aromatic heterocycles. The number of benzene rings is 1. The Bertz CT molecular complexity index is 745. The van der Waals surface area contributed by atoms with Crippen molar-refractivity contribution in [3.63, 3.8) is 0 Å². The van der Waals surface area contributed by atoms with E-state index in [2.05, 4.69) is 5.32 Å². The van der Waals surface area contributed by atoms with Gasteiger partial charge in [0.15, 0.2) is 30.5 Å². The number of nitrogens with one attached hydrogen (secondary N) is 1. The molecule has 1 heterocycles. The fourth-order valence-corrected chi connectivity index (χ4v) is 2.01. The Morgan fingerprint density at radius 1 is 1.08 bits per heavy atom. The fraction of sp³-hybridized carbons (Fsp3) is 0.235. The van der Waals surface area contributed by atoms with Crippen LogP contribution in [0, 0.1) is 5.21 Å². The lowest BCUT2D eigenvalue weighted by atomic mass is 10.2. The predicted molar refractivity (Wildman–Crippen MR) is 87.1 cm³/mol. The summed E-state index contributed by atoms with van der Waals surface area (Å²) in [6, 6.07) is 7.90. The maximum atomic E-state index is 11.8. The van der Waals surface area contributed by atoms with E-state index in [0.29, 0.717) is 16.2 Å². The topological polar surface area (TPSA) is 101 Å². The standard InChI is InChI=1S/C17H18N2O6/c1-23-14-4-3-12(9-15(14)24-2)10-18-16(20)11-25-17(21)13-5-7-19(22)8-6-13/h3-9H,10-11H2,1-2H3,(H,18,20). The first-order chi connectivity index (χ1) is 12.0. The third-order valence-corrected chi connectivity index (χ3v) is 3.31. The maximum absolute atomic E-state index is 11.8. The van der Waals surface area contributed by atoms with E-state index in [4.69, 9.17) is 14.2 Å². The molecule has 132 valence electrons. The number of pyridine rings is 1. The fourth-order valence-electron chi connectivity index (χ4n) is 2.01. The predicted octanol–water partition coefficient (Wildman–Crippen LogP) is 0.810. The van der Waals surface area contributed by atoms with Crippen LogP contribution in [-0.2, 0) is 16.1 Å². The molecular weight excluding hydrogens is 328 g/mol. The Labute approximate surface area is 144 Å². The van der Waals surface area contributed by atoms with Crippen LogP contribution in [0.25, 0.3) is 0 Å². The number of hydrogen-bond acceptors (Lipinski definition) is 6. The molecule has 1 aromatic carbocycles. The molecule has 0 aliphatic carbocycles. The van der Waals surface area contributed by atoms with Gasteiger partial charge in [0.25, 0.3) is 5.91 Å². The van der Waals surface area contributed by atoms with E-state index in [-0.39, 0.29) is 12.1 Å². The van der Waals surface area contributed by atoms with Gasteiger partial charge in [0.1, 0.15) is 0 Å². The monoisotopic (exact) mass is 346 g/mol. The largest absolute Gasteiger partial charge is 0.619 e. The molecule has 8 heteroatoms. The van der Waals surface area contributed by atoms with E-state index in [9.17, 15) is 14.8 Å². The molecule has 8 nitrogen and oxygen atoms in total. The van der Waals surface area contributed by atoms with Gasteiger partial charge in [-0.15, -0.1) is 0 Å². The average molecular weight is 346 g/mol. The van der Waals surface area contributed by atoms with Crippen molar-refractivity contribution < 1.29 is 28.5 Å². The Balaban J connectivity index is 1.82. The zero-order valence-electron chi connectivity index (χ0n) is 13.9. The summed E-state index contributed by atoms with van der Waals surface area (Å²) in [5.74, 6) is 0.0222. The lowest BCUT2D eigenvalue weighted by Crippen LogP contribution is -2.29. The molecule has 0 fully saturated rings. The van der Waals surface area contributed by atoms with Gasteiger partial charge in [0, 0.05) is 18.7 Å². The highest BCUT2D eigenvalue weighted by Crippen LogP contribution is 2.27. The van der Waals surface area contributed by atoms with Crippen LogP contribution in [0.15, 0.2) is 42.7 Å². The van der Waals surface area contributed by atoms with Crippen molar-refractivity contribution in [3.8, 4) is 11.5 Å². The van der Waals surface area contributed by atoms with Crippen molar-refractivity contribution in [1.29, 1.82) is 0 Å². The molecule has 0 spiro atoms. The summed E-state index contributed by atoms with van der Waals surface area (Å²) in [4.78, 5) is 23.5. The van der Waals surface area contributed by atoms with Crippen molar-refractivity contribution in [2.45, 2.75) is 6.54 Å². The Kier molecular flexibility index (Phi) is 6.16. The molecule has 2 aromatic rings. The molecule has 2 rings (SSSR count). The van der Waals surface area contributed by atoms with Gasteiger partial charge in [-0.1, -0.05) is 6.07 Å². The van der Waals surface area contributed by atoms with E-state index in [0.717, 1.165) is 5.56 Å². The second-order valence-electron chi connectivity index (χ2n) is 4.99. The second kappa shape index (κ2) is 8.53. The first kappa shape index (κ1) is 18.1. The number of rotatable bonds is 7. The number of carbonyl (C=O) groups is 2. The molecule has 0 aliphatic rings. The van der Waals surface area contributed by atoms with Crippen molar-refractivity contribution >= 4 is 11.9 Å². The summed E-state index contributed by atoms with van der Waals surface area (Å²) in [5, 5.41) is 13.5. The SMILES string of the molecule is COc1ccc(CNC(=O)COC(=O)c2cc[n+]([O-])cc2)cc1OC. The summed E-state index contributed by atoms with van der Waals surface area (Å²) in [6.07, 6.45) is 2.35. The second-order valence-corrected chi connectivity index (χ2v) is 4.99. The van der Waals surface area contributed by atoms with Crippen molar-refractivity contribution in [2.75, 3.05) is 20.8 Å². The number of carbonyl (C=O) groups excluding carboxylic acids is 2. The summed E-state index contributed by atoms with van der Waals surface area (Å²) >= 11 is 0. The van der Waals surface area contributed by atoms with Crippen LogP contribution >= 0.6 is 0 Å². The molecule has 0 bridgehead atoms. The van der Waals surface area contributed by atoms with Crippen LogP contribution in [-0.4, -0.2) is 32.7 Å². The molecule has 0 unspecified atom stereocenters. The minimum Gasteiger partial charge on any atom is -0.619 e. The number of nitrogens with zero attached hydrogens (tertiary/aromatic N) is 1.